The highest BCUT2D eigenvalue weighted by Crippen LogP contribution is 2.56. The molecule has 1 aliphatic heterocycles. The predicted octanol–water partition coefficient (Wildman–Crippen LogP) is 0.933. The summed E-state index contributed by atoms with van der Waals surface area (Å²) in [5.41, 5.74) is 3.65. The third kappa shape index (κ3) is 1.70. The third-order valence-electron chi connectivity index (χ3n) is 0.626. The van der Waals surface area contributed by atoms with Crippen LogP contribution in [0.25, 0.3) is 0 Å². The van der Waals surface area contributed by atoms with Gasteiger partial charge in [-0.05, 0) is 11.8 Å². The second-order valence-electron chi connectivity index (χ2n) is 1.21. The molecule has 0 aromatic carbocycles. The lowest BCUT2D eigenvalue weighted by atomic mass is 10.9. The lowest BCUT2D eigenvalue weighted by Crippen LogP contribution is -1.86. The van der Waals surface area contributed by atoms with E-state index in [1.54, 1.807) is 11.4 Å². The van der Waals surface area contributed by atoms with Gasteiger partial charge in [-0.3, -0.25) is 5.50 Å². The van der Waals surface area contributed by atoms with Crippen LogP contribution >= 0.6 is 17.0 Å². The second-order valence-corrected chi connectivity index (χ2v) is 7.93. The van der Waals surface area contributed by atoms with Crippen LogP contribution in [0.4, 0.5) is 0 Å². The summed E-state index contributed by atoms with van der Waals surface area (Å²) in [6.45, 7) is 0.748. The van der Waals surface area contributed by atoms with E-state index < -0.39 is 5.62 Å². The van der Waals surface area contributed by atoms with Crippen LogP contribution in [-0.4, -0.2) is 12.4 Å². The summed E-state index contributed by atoms with van der Waals surface area (Å²) < 4.78 is 5.01. The maximum Gasteiger partial charge on any atom is 0.183 e. The van der Waals surface area contributed by atoms with Crippen molar-refractivity contribution in [1.82, 2.24) is 0 Å². The first-order valence-corrected chi connectivity index (χ1v) is 6.26. The fourth-order valence-corrected chi connectivity index (χ4v) is 3.65. The first-order valence-electron chi connectivity index (χ1n) is 1.88. The van der Waals surface area contributed by atoms with Gasteiger partial charge < -0.3 is 4.52 Å². The van der Waals surface area contributed by atoms with E-state index >= 15 is 0 Å². The molecular weight excluding hydrogens is 149 g/mol. The van der Waals surface area contributed by atoms with Gasteiger partial charge in [0.15, 0.2) is 5.62 Å². The molecule has 0 radical (unpaired) electrons. The molecule has 1 rings (SSSR count). The van der Waals surface area contributed by atoms with Crippen molar-refractivity contribution >= 4 is 28.8 Å². The molecule has 7 heavy (non-hydrogen) atoms. The number of nitrogens with two attached hydrogens (primary N) is 1. The highest BCUT2D eigenvalue weighted by molar-refractivity contribution is 8.69. The van der Waals surface area contributed by atoms with Crippen LogP contribution in [0.3, 0.4) is 0 Å². The summed E-state index contributed by atoms with van der Waals surface area (Å²) in [4.78, 5) is 0. The molecule has 0 saturated carbocycles. The van der Waals surface area contributed by atoms with E-state index in [0.29, 0.717) is 0 Å². The Bertz CT molecular complexity index is 106. The van der Waals surface area contributed by atoms with Gasteiger partial charge in [-0.25, -0.2) is 0 Å². The summed E-state index contributed by atoms with van der Waals surface area (Å²) in [5.74, 6) is 0.980. The Labute approximate surface area is 51.7 Å². The molecule has 1 unspecified atom stereocenters. The molecule has 1 aliphatic rings. The Morgan fingerprint density at radius 2 is 2.57 bits per heavy atom. The molecule has 0 amide bonds. The van der Waals surface area contributed by atoms with E-state index in [9.17, 15) is 0 Å². The van der Waals surface area contributed by atoms with Gasteiger partial charge in [-0.15, -0.1) is 0 Å². The molecule has 0 spiro atoms. The van der Waals surface area contributed by atoms with E-state index in [1.807, 2.05) is 0 Å². The molecule has 0 aromatic rings. The molecule has 0 aliphatic carbocycles. The minimum absolute atomic E-state index is 0.748. The molecule has 1 atom stereocenters. The zero-order valence-corrected chi connectivity index (χ0v) is 6.19. The third-order valence-corrected chi connectivity index (χ3v) is 5.09. The van der Waals surface area contributed by atoms with Crippen LogP contribution in [0.2, 0.25) is 0 Å². The topological polar surface area (TPSA) is 35.2 Å². The second kappa shape index (κ2) is 2.03. The van der Waals surface area contributed by atoms with Gasteiger partial charge in [-0.2, -0.15) is 0 Å². The largest absolute Gasteiger partial charge is 0.330 e. The Kier molecular flexibility index (Phi) is 1.76. The van der Waals surface area contributed by atoms with Crippen LogP contribution in [0.5, 0.6) is 0 Å². The predicted molar refractivity (Wildman–Crippen MR) is 36.9 cm³/mol. The van der Waals surface area contributed by atoms with Crippen molar-refractivity contribution in [3.05, 3.63) is 0 Å². The van der Waals surface area contributed by atoms with E-state index in [0.717, 1.165) is 12.4 Å². The monoisotopic (exact) mass is 155 g/mol. The molecule has 1 fully saturated rings. The van der Waals surface area contributed by atoms with Gasteiger partial charge >= 0.3 is 0 Å². The van der Waals surface area contributed by atoms with Gasteiger partial charge in [0.2, 0.25) is 0 Å². The Morgan fingerprint density at radius 1 is 1.86 bits per heavy atom. The Morgan fingerprint density at radius 3 is 2.71 bits per heavy atom. The standard InChI is InChI=1S/C2H6NOPS2/c3-5(6)4-1-2-7-5/h1-2H2,(H2,3,6). The minimum Gasteiger partial charge on any atom is -0.330 e. The van der Waals surface area contributed by atoms with Crippen molar-refractivity contribution in [1.29, 1.82) is 0 Å². The fourth-order valence-electron chi connectivity index (χ4n) is 0.366. The van der Waals surface area contributed by atoms with Crippen LogP contribution in [-0.2, 0) is 16.3 Å². The molecular formula is C2H6NOPS2. The van der Waals surface area contributed by atoms with Crippen molar-refractivity contribution in [2.24, 2.45) is 5.50 Å². The smallest absolute Gasteiger partial charge is 0.183 e. The van der Waals surface area contributed by atoms with E-state index in [1.165, 1.54) is 0 Å². The molecule has 0 aromatic heterocycles. The summed E-state index contributed by atoms with van der Waals surface area (Å²) in [5, 5.41) is 0. The summed E-state index contributed by atoms with van der Waals surface area (Å²) >= 11 is 6.42. The number of rotatable bonds is 0. The number of hydrogen-bond donors (Lipinski definition) is 1. The lowest BCUT2D eigenvalue weighted by Gasteiger charge is -2.01. The molecule has 0 bridgehead atoms. The minimum atomic E-state index is -1.79. The van der Waals surface area contributed by atoms with Crippen LogP contribution in [0, 0.1) is 0 Å². The summed E-state index contributed by atoms with van der Waals surface area (Å²) in [6.07, 6.45) is 0. The van der Waals surface area contributed by atoms with Gasteiger partial charge in [0, 0.05) is 5.75 Å². The average molecular weight is 155 g/mol. The Hall–Kier alpha value is 0.920. The normalized spacial score (nSPS) is 41.9. The van der Waals surface area contributed by atoms with Gasteiger partial charge in [0.05, 0.1) is 6.61 Å². The van der Waals surface area contributed by atoms with Crippen LogP contribution in [0.1, 0.15) is 0 Å². The first-order chi connectivity index (χ1) is 3.21. The van der Waals surface area contributed by atoms with Crippen molar-refractivity contribution in [3.8, 4) is 0 Å². The molecule has 2 nitrogen and oxygen atoms in total. The van der Waals surface area contributed by atoms with Crippen molar-refractivity contribution in [2.75, 3.05) is 12.4 Å². The van der Waals surface area contributed by atoms with Crippen LogP contribution in [0.15, 0.2) is 0 Å². The number of hydrogen-bond acceptors (Lipinski definition) is 3. The summed E-state index contributed by atoms with van der Waals surface area (Å²) in [7, 11) is 0. The van der Waals surface area contributed by atoms with Gasteiger partial charge in [-0.1, -0.05) is 11.4 Å². The molecule has 42 valence electrons. The molecule has 1 heterocycles. The Balaban J connectivity index is 2.57. The molecule has 1 saturated heterocycles. The van der Waals surface area contributed by atoms with E-state index in [-0.39, 0.29) is 0 Å². The van der Waals surface area contributed by atoms with E-state index in [2.05, 4.69) is 0 Å². The van der Waals surface area contributed by atoms with Gasteiger partial charge in [0.1, 0.15) is 0 Å². The SMILES string of the molecule is NP1(=S)OCCS1. The maximum atomic E-state index is 5.44. The molecule has 5 heteroatoms. The quantitative estimate of drug-likeness (QED) is 0.528. The highest BCUT2D eigenvalue weighted by atomic mass is 32.9. The van der Waals surface area contributed by atoms with Crippen molar-refractivity contribution < 1.29 is 4.52 Å². The zero-order chi connectivity index (χ0) is 5.33. The maximum absolute atomic E-state index is 5.44. The van der Waals surface area contributed by atoms with Crippen molar-refractivity contribution in [3.63, 3.8) is 0 Å². The highest BCUT2D eigenvalue weighted by Gasteiger charge is 2.17. The average Bonchev–Trinajstić information content (AvgIpc) is 1.84. The van der Waals surface area contributed by atoms with E-state index in [4.69, 9.17) is 21.8 Å². The van der Waals surface area contributed by atoms with Crippen LogP contribution < -0.4 is 5.50 Å². The first kappa shape index (κ1) is 6.05. The van der Waals surface area contributed by atoms with Crippen molar-refractivity contribution in [2.45, 2.75) is 0 Å². The zero-order valence-electron chi connectivity index (χ0n) is 3.66. The molecule has 2 N–H and O–H groups in total. The summed E-state index contributed by atoms with van der Waals surface area (Å²) in [6, 6.07) is 0. The lowest BCUT2D eigenvalue weighted by molar-refractivity contribution is 0.398. The van der Waals surface area contributed by atoms with Gasteiger partial charge in [0.25, 0.3) is 0 Å². The fraction of sp³-hybridized carbons (Fsp3) is 1.00.